The molecule has 1 aliphatic heterocycles. The molecule has 128 valence electrons. The van der Waals surface area contributed by atoms with E-state index >= 15 is 0 Å². The lowest BCUT2D eigenvalue weighted by atomic mass is 10.2. The standard InChI is InChI=1S/C15H19N5O4/c21-6-5-16-3-4-17-15(22)12-9-20(19-18-12)8-11-1-2-13-14(7-11)24-10-23-13/h1-2,7,9,16,21H,3-6,8,10H2,(H,17,22). The normalized spacial score (nSPS) is 12.4. The Bertz CT molecular complexity index is 703. The van der Waals surface area contributed by atoms with E-state index in [0.29, 0.717) is 31.9 Å². The molecule has 0 atom stereocenters. The van der Waals surface area contributed by atoms with Gasteiger partial charge in [0.1, 0.15) is 0 Å². The lowest BCUT2D eigenvalue weighted by Gasteiger charge is -2.04. The molecule has 0 fully saturated rings. The van der Waals surface area contributed by atoms with E-state index in [2.05, 4.69) is 20.9 Å². The number of hydrogen-bond donors (Lipinski definition) is 3. The Hall–Kier alpha value is -2.65. The van der Waals surface area contributed by atoms with Crippen molar-refractivity contribution in [3.8, 4) is 11.5 Å². The zero-order chi connectivity index (χ0) is 16.8. The molecule has 0 bridgehead atoms. The first-order chi connectivity index (χ1) is 11.8. The van der Waals surface area contributed by atoms with E-state index in [1.165, 1.54) is 0 Å². The third-order valence-electron chi connectivity index (χ3n) is 3.43. The van der Waals surface area contributed by atoms with E-state index in [1.807, 2.05) is 18.2 Å². The second-order valence-corrected chi connectivity index (χ2v) is 5.22. The summed E-state index contributed by atoms with van der Waals surface area (Å²) in [6, 6.07) is 5.65. The summed E-state index contributed by atoms with van der Waals surface area (Å²) in [7, 11) is 0. The first-order valence-electron chi connectivity index (χ1n) is 7.64. The Balaban J connectivity index is 1.52. The van der Waals surface area contributed by atoms with Gasteiger partial charge in [-0.2, -0.15) is 0 Å². The van der Waals surface area contributed by atoms with E-state index in [1.54, 1.807) is 10.9 Å². The molecule has 3 N–H and O–H groups in total. The SMILES string of the molecule is O=C(NCCNCCO)c1cn(Cc2ccc3c(c2)OCO3)nn1. The van der Waals surface area contributed by atoms with Crippen LogP contribution in [0.5, 0.6) is 11.5 Å². The smallest absolute Gasteiger partial charge is 0.273 e. The maximum atomic E-state index is 12.0. The summed E-state index contributed by atoms with van der Waals surface area (Å²) < 4.78 is 12.2. The number of fused-ring (bicyclic) bond motifs is 1. The molecule has 0 saturated carbocycles. The lowest BCUT2D eigenvalue weighted by molar-refractivity contribution is 0.0948. The fourth-order valence-corrected chi connectivity index (χ4v) is 2.27. The predicted molar refractivity (Wildman–Crippen MR) is 84.0 cm³/mol. The molecule has 9 heteroatoms. The van der Waals surface area contributed by atoms with E-state index in [4.69, 9.17) is 14.6 Å². The van der Waals surface area contributed by atoms with Gasteiger partial charge in [0.05, 0.1) is 19.3 Å². The number of carbonyl (C=O) groups is 1. The highest BCUT2D eigenvalue weighted by atomic mass is 16.7. The van der Waals surface area contributed by atoms with Gasteiger partial charge in [0.25, 0.3) is 5.91 Å². The minimum absolute atomic E-state index is 0.0716. The zero-order valence-electron chi connectivity index (χ0n) is 13.1. The molecule has 1 aliphatic rings. The molecule has 1 aromatic heterocycles. The van der Waals surface area contributed by atoms with Crippen LogP contribution in [0, 0.1) is 0 Å². The summed E-state index contributed by atoms with van der Waals surface area (Å²) in [5.41, 5.74) is 1.24. The van der Waals surface area contributed by atoms with Crippen LogP contribution in [-0.2, 0) is 6.54 Å². The molecule has 2 aromatic rings. The van der Waals surface area contributed by atoms with Crippen LogP contribution in [0.15, 0.2) is 24.4 Å². The Morgan fingerprint density at radius 3 is 3.00 bits per heavy atom. The Morgan fingerprint density at radius 2 is 2.12 bits per heavy atom. The van der Waals surface area contributed by atoms with Crippen LogP contribution in [-0.4, -0.2) is 59.0 Å². The fraction of sp³-hybridized carbons (Fsp3) is 0.400. The quantitative estimate of drug-likeness (QED) is 0.552. The highest BCUT2D eigenvalue weighted by molar-refractivity contribution is 5.91. The molecule has 3 rings (SSSR count). The first-order valence-corrected chi connectivity index (χ1v) is 7.64. The summed E-state index contributed by atoms with van der Waals surface area (Å²) in [6.07, 6.45) is 1.60. The number of ether oxygens (including phenoxy) is 2. The van der Waals surface area contributed by atoms with Crippen LogP contribution in [0.3, 0.4) is 0 Å². The monoisotopic (exact) mass is 333 g/mol. The molecule has 24 heavy (non-hydrogen) atoms. The minimum atomic E-state index is -0.280. The van der Waals surface area contributed by atoms with Gasteiger partial charge in [-0.3, -0.25) is 4.79 Å². The number of aliphatic hydroxyl groups is 1. The predicted octanol–water partition coefficient (Wildman–Crippen LogP) is -0.633. The van der Waals surface area contributed by atoms with Crippen molar-refractivity contribution in [2.24, 2.45) is 0 Å². The van der Waals surface area contributed by atoms with Crippen LogP contribution < -0.4 is 20.1 Å². The van der Waals surface area contributed by atoms with Gasteiger partial charge >= 0.3 is 0 Å². The molecule has 9 nitrogen and oxygen atoms in total. The average Bonchev–Trinajstić information content (AvgIpc) is 3.23. The van der Waals surface area contributed by atoms with Crippen molar-refractivity contribution in [1.82, 2.24) is 25.6 Å². The van der Waals surface area contributed by atoms with Crippen molar-refractivity contribution in [2.45, 2.75) is 6.54 Å². The molecule has 0 radical (unpaired) electrons. The molecule has 0 saturated heterocycles. The van der Waals surface area contributed by atoms with Gasteiger partial charge in [0.15, 0.2) is 17.2 Å². The number of amides is 1. The number of nitrogens with one attached hydrogen (secondary N) is 2. The van der Waals surface area contributed by atoms with Gasteiger partial charge in [-0.1, -0.05) is 11.3 Å². The number of nitrogens with zero attached hydrogens (tertiary/aromatic N) is 3. The van der Waals surface area contributed by atoms with Crippen molar-refractivity contribution in [3.63, 3.8) is 0 Å². The maximum absolute atomic E-state index is 12.0. The second kappa shape index (κ2) is 7.75. The van der Waals surface area contributed by atoms with Gasteiger partial charge in [-0.15, -0.1) is 5.10 Å². The number of aromatic nitrogens is 3. The van der Waals surface area contributed by atoms with Crippen LogP contribution in [0.2, 0.25) is 0 Å². The van der Waals surface area contributed by atoms with Gasteiger partial charge in [-0.25, -0.2) is 4.68 Å². The Labute approximate surface area is 138 Å². The molecule has 2 heterocycles. The average molecular weight is 333 g/mol. The summed E-state index contributed by atoms with van der Waals surface area (Å²) in [6.45, 7) is 2.32. The van der Waals surface area contributed by atoms with Gasteiger partial charge in [0.2, 0.25) is 6.79 Å². The van der Waals surface area contributed by atoms with Gasteiger partial charge < -0.3 is 25.2 Å². The third-order valence-corrected chi connectivity index (χ3v) is 3.43. The van der Waals surface area contributed by atoms with Crippen LogP contribution in [0.4, 0.5) is 0 Å². The molecule has 0 aliphatic carbocycles. The van der Waals surface area contributed by atoms with Crippen molar-refractivity contribution in [1.29, 1.82) is 0 Å². The van der Waals surface area contributed by atoms with E-state index < -0.39 is 0 Å². The molecular weight excluding hydrogens is 314 g/mol. The zero-order valence-corrected chi connectivity index (χ0v) is 13.1. The van der Waals surface area contributed by atoms with E-state index in [9.17, 15) is 4.79 Å². The first kappa shape index (κ1) is 16.2. The minimum Gasteiger partial charge on any atom is -0.454 e. The van der Waals surface area contributed by atoms with Crippen LogP contribution in [0.25, 0.3) is 0 Å². The Morgan fingerprint density at radius 1 is 1.25 bits per heavy atom. The summed E-state index contributed by atoms with van der Waals surface area (Å²) in [5.74, 6) is 1.16. The summed E-state index contributed by atoms with van der Waals surface area (Å²) >= 11 is 0. The highest BCUT2D eigenvalue weighted by Gasteiger charge is 2.14. The van der Waals surface area contributed by atoms with Crippen molar-refractivity contribution in [2.75, 3.05) is 33.0 Å². The summed E-state index contributed by atoms with van der Waals surface area (Å²) in [5, 5.41) is 22.2. The number of benzene rings is 1. The largest absolute Gasteiger partial charge is 0.454 e. The van der Waals surface area contributed by atoms with Crippen LogP contribution >= 0.6 is 0 Å². The maximum Gasteiger partial charge on any atom is 0.273 e. The number of hydrogen-bond acceptors (Lipinski definition) is 7. The highest BCUT2D eigenvalue weighted by Crippen LogP contribution is 2.32. The molecule has 1 amide bonds. The van der Waals surface area contributed by atoms with Crippen molar-refractivity contribution < 1.29 is 19.4 Å². The lowest BCUT2D eigenvalue weighted by Crippen LogP contribution is -2.33. The fourth-order valence-electron chi connectivity index (χ4n) is 2.27. The van der Waals surface area contributed by atoms with Gasteiger partial charge in [-0.05, 0) is 17.7 Å². The third kappa shape index (κ3) is 4.00. The molecule has 0 spiro atoms. The number of carbonyl (C=O) groups excluding carboxylic acids is 1. The van der Waals surface area contributed by atoms with E-state index in [0.717, 1.165) is 11.3 Å². The topological polar surface area (TPSA) is 111 Å². The van der Waals surface area contributed by atoms with Crippen molar-refractivity contribution >= 4 is 5.91 Å². The van der Waals surface area contributed by atoms with Crippen LogP contribution in [0.1, 0.15) is 16.1 Å². The van der Waals surface area contributed by atoms with Crippen molar-refractivity contribution in [3.05, 3.63) is 35.7 Å². The van der Waals surface area contributed by atoms with Gasteiger partial charge in [0, 0.05) is 19.6 Å². The molecule has 1 aromatic carbocycles. The van der Waals surface area contributed by atoms with E-state index in [-0.39, 0.29) is 25.0 Å². The molecular formula is C15H19N5O4. The number of rotatable bonds is 8. The second-order valence-electron chi connectivity index (χ2n) is 5.22. The summed E-state index contributed by atoms with van der Waals surface area (Å²) in [4.78, 5) is 12.0. The molecule has 0 unspecified atom stereocenters. The number of aliphatic hydroxyl groups excluding tert-OH is 1. The Kier molecular flexibility index (Phi) is 5.24.